The van der Waals surface area contributed by atoms with Crippen molar-refractivity contribution in [3.05, 3.63) is 24.3 Å². The minimum Gasteiger partial charge on any atom is -0.497 e. The second-order valence-corrected chi connectivity index (χ2v) is 5.79. The summed E-state index contributed by atoms with van der Waals surface area (Å²) in [7, 11) is 1.65. The summed E-state index contributed by atoms with van der Waals surface area (Å²) in [4.78, 5) is 16.1. The van der Waals surface area contributed by atoms with Crippen LogP contribution in [-0.2, 0) is 0 Å². The fraction of sp³-hybridized carbons (Fsp3) is 0.357. The van der Waals surface area contributed by atoms with Crippen LogP contribution in [0.5, 0.6) is 5.75 Å². The van der Waals surface area contributed by atoms with Crippen molar-refractivity contribution in [2.75, 3.05) is 30.8 Å². The van der Waals surface area contributed by atoms with Gasteiger partial charge in [-0.05, 0) is 48.9 Å². The van der Waals surface area contributed by atoms with E-state index in [0.29, 0.717) is 11.1 Å². The van der Waals surface area contributed by atoms with Crippen LogP contribution < -0.4 is 15.4 Å². The van der Waals surface area contributed by atoms with Gasteiger partial charge >= 0.3 is 0 Å². The van der Waals surface area contributed by atoms with Crippen molar-refractivity contribution in [1.82, 2.24) is 15.0 Å². The van der Waals surface area contributed by atoms with Crippen LogP contribution in [0.3, 0.4) is 0 Å². The number of hydrogen-bond acceptors (Lipinski definition) is 7. The molecule has 0 unspecified atom stereocenters. The Bertz CT molecular complexity index is 613. The quantitative estimate of drug-likeness (QED) is 0.927. The van der Waals surface area contributed by atoms with Gasteiger partial charge in [0.05, 0.1) is 7.11 Å². The van der Waals surface area contributed by atoms with Gasteiger partial charge in [0.1, 0.15) is 5.75 Å². The van der Waals surface area contributed by atoms with Gasteiger partial charge in [0, 0.05) is 18.0 Å². The molecular weight excluding hydrogens is 286 g/mol. The van der Waals surface area contributed by atoms with Crippen LogP contribution in [0.15, 0.2) is 34.3 Å². The maximum absolute atomic E-state index is 5.80. The predicted octanol–water partition coefficient (Wildman–Crippen LogP) is 2.21. The van der Waals surface area contributed by atoms with E-state index < -0.39 is 0 Å². The zero-order chi connectivity index (χ0) is 14.7. The van der Waals surface area contributed by atoms with Crippen molar-refractivity contribution < 1.29 is 4.74 Å². The molecular formula is C14H17N5OS. The summed E-state index contributed by atoms with van der Waals surface area (Å²) in [5, 5.41) is 0.620. The summed E-state index contributed by atoms with van der Waals surface area (Å²) in [5.74, 6) is 1.77. The molecule has 3 rings (SSSR count). The maximum atomic E-state index is 5.80. The number of nitrogens with two attached hydrogens (primary N) is 1. The Morgan fingerprint density at radius 3 is 2.48 bits per heavy atom. The third-order valence-corrected chi connectivity index (χ3v) is 4.15. The summed E-state index contributed by atoms with van der Waals surface area (Å²) >= 11 is 1.47. The van der Waals surface area contributed by atoms with E-state index in [2.05, 4.69) is 19.9 Å². The molecule has 0 bridgehead atoms. The van der Waals surface area contributed by atoms with E-state index in [1.807, 2.05) is 24.3 Å². The fourth-order valence-corrected chi connectivity index (χ4v) is 2.96. The van der Waals surface area contributed by atoms with Crippen LogP contribution in [-0.4, -0.2) is 35.2 Å². The van der Waals surface area contributed by atoms with Gasteiger partial charge in [-0.25, -0.2) is 0 Å². The number of benzene rings is 1. The smallest absolute Gasteiger partial charge is 0.231 e. The SMILES string of the molecule is COc1ccc(Sc2nc(N)nc(N3CCCC3)n2)cc1. The number of anilines is 2. The summed E-state index contributed by atoms with van der Waals surface area (Å²) in [6.07, 6.45) is 2.35. The Morgan fingerprint density at radius 1 is 1.10 bits per heavy atom. The van der Waals surface area contributed by atoms with E-state index in [-0.39, 0.29) is 5.95 Å². The Morgan fingerprint density at radius 2 is 1.81 bits per heavy atom. The molecule has 0 radical (unpaired) electrons. The molecule has 2 heterocycles. The minimum absolute atomic E-state index is 0.267. The highest BCUT2D eigenvalue weighted by molar-refractivity contribution is 7.99. The van der Waals surface area contributed by atoms with E-state index >= 15 is 0 Å². The lowest BCUT2D eigenvalue weighted by Gasteiger charge is -2.15. The van der Waals surface area contributed by atoms with Gasteiger partial charge in [-0.3, -0.25) is 0 Å². The Hall–Kier alpha value is -2.02. The van der Waals surface area contributed by atoms with E-state index in [9.17, 15) is 0 Å². The molecule has 0 spiro atoms. The number of aromatic nitrogens is 3. The van der Waals surface area contributed by atoms with Crippen LogP contribution in [0.25, 0.3) is 0 Å². The Labute approximate surface area is 127 Å². The molecule has 1 fully saturated rings. The van der Waals surface area contributed by atoms with Gasteiger partial charge in [-0.1, -0.05) is 0 Å². The molecule has 0 saturated carbocycles. The number of nitrogen functional groups attached to an aromatic ring is 1. The molecule has 2 aromatic rings. The first kappa shape index (κ1) is 13.9. The lowest BCUT2D eigenvalue weighted by molar-refractivity contribution is 0.414. The van der Waals surface area contributed by atoms with Crippen LogP contribution in [0.4, 0.5) is 11.9 Å². The number of hydrogen-bond donors (Lipinski definition) is 1. The van der Waals surface area contributed by atoms with Crippen molar-refractivity contribution in [1.29, 1.82) is 0 Å². The molecule has 0 amide bonds. The molecule has 1 saturated heterocycles. The zero-order valence-electron chi connectivity index (χ0n) is 11.8. The van der Waals surface area contributed by atoms with E-state index in [1.54, 1.807) is 7.11 Å². The van der Waals surface area contributed by atoms with E-state index in [4.69, 9.17) is 10.5 Å². The third kappa shape index (κ3) is 3.36. The lowest BCUT2D eigenvalue weighted by atomic mass is 10.3. The summed E-state index contributed by atoms with van der Waals surface area (Å²) in [6, 6.07) is 7.76. The zero-order valence-corrected chi connectivity index (χ0v) is 12.6. The van der Waals surface area contributed by atoms with Gasteiger partial charge in [0.15, 0.2) is 5.16 Å². The molecule has 0 atom stereocenters. The van der Waals surface area contributed by atoms with Crippen LogP contribution in [0, 0.1) is 0 Å². The van der Waals surface area contributed by atoms with E-state index in [0.717, 1.165) is 23.7 Å². The summed E-state index contributed by atoms with van der Waals surface area (Å²) in [6.45, 7) is 1.96. The minimum atomic E-state index is 0.267. The first-order valence-corrected chi connectivity index (χ1v) is 7.64. The maximum Gasteiger partial charge on any atom is 0.231 e. The number of nitrogens with zero attached hydrogens (tertiary/aromatic N) is 4. The first-order valence-electron chi connectivity index (χ1n) is 6.83. The van der Waals surface area contributed by atoms with Gasteiger partial charge in [0.25, 0.3) is 0 Å². The van der Waals surface area contributed by atoms with Crippen molar-refractivity contribution in [3.63, 3.8) is 0 Å². The molecule has 1 aliphatic rings. The van der Waals surface area contributed by atoms with Crippen LogP contribution in [0.2, 0.25) is 0 Å². The van der Waals surface area contributed by atoms with E-state index in [1.165, 1.54) is 24.6 Å². The highest BCUT2D eigenvalue weighted by Gasteiger charge is 2.17. The van der Waals surface area contributed by atoms with Gasteiger partial charge < -0.3 is 15.4 Å². The molecule has 110 valence electrons. The van der Waals surface area contributed by atoms with Crippen LogP contribution >= 0.6 is 11.8 Å². The fourth-order valence-electron chi connectivity index (χ4n) is 2.21. The molecule has 1 aromatic carbocycles. The predicted molar refractivity (Wildman–Crippen MR) is 82.8 cm³/mol. The lowest BCUT2D eigenvalue weighted by Crippen LogP contribution is -2.21. The molecule has 0 aliphatic carbocycles. The molecule has 6 nitrogen and oxygen atoms in total. The van der Waals surface area contributed by atoms with Gasteiger partial charge in [-0.15, -0.1) is 0 Å². The third-order valence-electron chi connectivity index (χ3n) is 3.28. The molecule has 1 aromatic heterocycles. The molecule has 7 heteroatoms. The summed E-state index contributed by atoms with van der Waals surface area (Å²) in [5.41, 5.74) is 5.80. The highest BCUT2D eigenvalue weighted by atomic mass is 32.2. The Balaban J connectivity index is 1.80. The number of methoxy groups -OCH3 is 1. The van der Waals surface area contributed by atoms with Crippen LogP contribution in [0.1, 0.15) is 12.8 Å². The highest BCUT2D eigenvalue weighted by Crippen LogP contribution is 2.28. The standard InChI is InChI=1S/C14H17N5OS/c1-20-10-4-6-11(7-5-10)21-14-17-12(15)16-13(18-14)19-8-2-3-9-19/h4-7H,2-3,8-9H2,1H3,(H2,15,16,17,18). The molecule has 2 N–H and O–H groups in total. The monoisotopic (exact) mass is 303 g/mol. The normalized spacial score (nSPS) is 14.4. The second kappa shape index (κ2) is 6.17. The number of rotatable bonds is 4. The van der Waals surface area contributed by atoms with Gasteiger partial charge in [-0.2, -0.15) is 15.0 Å². The van der Waals surface area contributed by atoms with Crippen molar-refractivity contribution in [3.8, 4) is 5.75 Å². The van der Waals surface area contributed by atoms with Crippen molar-refractivity contribution in [2.45, 2.75) is 22.9 Å². The average molecular weight is 303 g/mol. The number of ether oxygens (including phenoxy) is 1. The Kier molecular flexibility index (Phi) is 4.10. The second-order valence-electron chi connectivity index (χ2n) is 4.75. The molecule has 1 aliphatic heterocycles. The largest absolute Gasteiger partial charge is 0.497 e. The topological polar surface area (TPSA) is 77.2 Å². The first-order chi connectivity index (χ1) is 10.2. The molecule has 21 heavy (non-hydrogen) atoms. The summed E-state index contributed by atoms with van der Waals surface area (Å²) < 4.78 is 5.15. The van der Waals surface area contributed by atoms with Crippen molar-refractivity contribution in [2.24, 2.45) is 0 Å². The van der Waals surface area contributed by atoms with Gasteiger partial charge in [0.2, 0.25) is 11.9 Å². The average Bonchev–Trinajstić information content (AvgIpc) is 3.02. The van der Waals surface area contributed by atoms with Crippen molar-refractivity contribution >= 4 is 23.7 Å².